The molecule has 2 aromatic carbocycles. The van der Waals surface area contributed by atoms with Crippen LogP contribution in [0.25, 0.3) is 0 Å². The van der Waals surface area contributed by atoms with Crippen LogP contribution in [0.4, 0.5) is 17.6 Å². The second kappa shape index (κ2) is 10.4. The standard InChI is InChI=1S/C25H25ClF4N2O5/c26-15-1-3-16(4-2-15)36-14-22(35)32-24-9-7-23(8-10-24,12-20(24)33)31-21(34)13-37-17-5-6-19(27)18(11-17)25(28,29)30/h1-6,11,20,33H,7-10,12-14H2,(H,31,34)(H,32,35)/t20-,23?,24?/m0/s1. The van der Waals surface area contributed by atoms with E-state index in [-0.39, 0.29) is 18.8 Å². The fourth-order valence-electron chi connectivity index (χ4n) is 4.95. The van der Waals surface area contributed by atoms with Crippen molar-refractivity contribution in [3.05, 3.63) is 58.9 Å². The molecule has 0 heterocycles. The first-order chi connectivity index (χ1) is 17.4. The van der Waals surface area contributed by atoms with Crippen molar-refractivity contribution >= 4 is 23.4 Å². The summed E-state index contributed by atoms with van der Waals surface area (Å²) in [5, 5.41) is 17.1. The van der Waals surface area contributed by atoms with Crippen LogP contribution >= 0.6 is 11.6 Å². The molecule has 37 heavy (non-hydrogen) atoms. The van der Waals surface area contributed by atoms with Crippen molar-refractivity contribution in [2.24, 2.45) is 0 Å². The summed E-state index contributed by atoms with van der Waals surface area (Å²) in [6, 6.07) is 8.68. The maximum atomic E-state index is 13.4. The van der Waals surface area contributed by atoms with Crippen LogP contribution in [-0.4, -0.2) is 47.3 Å². The molecule has 3 aliphatic carbocycles. The Morgan fingerprint density at radius 1 is 0.946 bits per heavy atom. The maximum absolute atomic E-state index is 13.4. The number of amides is 2. The zero-order chi connectivity index (χ0) is 26.8. The number of carbonyl (C=O) groups is 2. The van der Waals surface area contributed by atoms with Crippen molar-refractivity contribution in [2.75, 3.05) is 13.2 Å². The molecule has 200 valence electrons. The zero-order valence-corrected chi connectivity index (χ0v) is 20.3. The minimum absolute atomic E-state index is 0.186. The van der Waals surface area contributed by atoms with E-state index < -0.39 is 53.2 Å². The first-order valence-corrected chi connectivity index (χ1v) is 12.0. The van der Waals surface area contributed by atoms with Crippen LogP contribution in [0, 0.1) is 5.82 Å². The van der Waals surface area contributed by atoms with Crippen LogP contribution in [0.3, 0.4) is 0 Å². The molecular weight excluding hydrogens is 520 g/mol. The second-order valence-corrected chi connectivity index (χ2v) is 9.86. The average molecular weight is 545 g/mol. The molecule has 0 radical (unpaired) electrons. The lowest BCUT2D eigenvalue weighted by molar-refractivity contribution is -0.140. The predicted molar refractivity (Wildman–Crippen MR) is 125 cm³/mol. The number of alkyl halides is 3. The largest absolute Gasteiger partial charge is 0.484 e. The number of nitrogens with one attached hydrogen (secondary N) is 2. The van der Waals surface area contributed by atoms with Gasteiger partial charge in [-0.2, -0.15) is 13.2 Å². The van der Waals surface area contributed by atoms with E-state index in [1.54, 1.807) is 24.3 Å². The third kappa shape index (κ3) is 6.27. The molecule has 3 saturated carbocycles. The van der Waals surface area contributed by atoms with Gasteiger partial charge in [-0.1, -0.05) is 11.6 Å². The Morgan fingerprint density at radius 2 is 1.51 bits per heavy atom. The first-order valence-electron chi connectivity index (χ1n) is 11.6. The fourth-order valence-corrected chi connectivity index (χ4v) is 5.07. The monoisotopic (exact) mass is 544 g/mol. The number of benzene rings is 2. The first kappa shape index (κ1) is 27.0. The smallest absolute Gasteiger partial charge is 0.419 e. The Balaban J connectivity index is 1.28. The Bertz CT molecular complexity index is 1150. The highest BCUT2D eigenvalue weighted by Gasteiger charge is 2.55. The van der Waals surface area contributed by atoms with Gasteiger partial charge in [-0.05, 0) is 74.6 Å². The van der Waals surface area contributed by atoms with Crippen molar-refractivity contribution in [3.8, 4) is 11.5 Å². The fraction of sp³-hybridized carbons (Fsp3) is 0.440. The number of rotatable bonds is 8. The third-order valence-corrected chi connectivity index (χ3v) is 7.16. The van der Waals surface area contributed by atoms with E-state index in [1.807, 2.05) is 0 Å². The number of aliphatic hydroxyl groups is 1. The summed E-state index contributed by atoms with van der Waals surface area (Å²) in [4.78, 5) is 25.0. The maximum Gasteiger partial charge on any atom is 0.419 e. The van der Waals surface area contributed by atoms with Gasteiger partial charge in [-0.25, -0.2) is 4.39 Å². The molecular formula is C25H25ClF4N2O5. The van der Waals surface area contributed by atoms with Crippen LogP contribution in [0.15, 0.2) is 42.5 Å². The van der Waals surface area contributed by atoms with Crippen LogP contribution in [0.2, 0.25) is 5.02 Å². The molecule has 0 aliphatic heterocycles. The minimum atomic E-state index is -4.89. The summed E-state index contributed by atoms with van der Waals surface area (Å²) in [6.07, 6.45) is -3.86. The molecule has 0 aromatic heterocycles. The molecule has 3 aliphatic rings. The van der Waals surface area contributed by atoms with Crippen molar-refractivity contribution in [1.29, 1.82) is 0 Å². The van der Waals surface area contributed by atoms with E-state index in [9.17, 15) is 32.3 Å². The molecule has 0 spiro atoms. The predicted octanol–water partition coefficient (Wildman–Crippen LogP) is 4.00. The molecule has 3 N–H and O–H groups in total. The molecule has 1 atom stereocenters. The quantitative estimate of drug-likeness (QED) is 0.437. The van der Waals surface area contributed by atoms with E-state index >= 15 is 0 Å². The molecule has 0 unspecified atom stereocenters. The van der Waals surface area contributed by atoms with E-state index in [2.05, 4.69) is 10.6 Å². The lowest BCUT2D eigenvalue weighted by Crippen LogP contribution is -2.70. The Kier molecular flexibility index (Phi) is 7.57. The van der Waals surface area contributed by atoms with Crippen molar-refractivity contribution in [3.63, 3.8) is 0 Å². The number of hydrogen-bond donors (Lipinski definition) is 3. The number of ether oxygens (including phenoxy) is 2. The van der Waals surface area contributed by atoms with Gasteiger partial charge in [0.05, 0.1) is 17.2 Å². The summed E-state index contributed by atoms with van der Waals surface area (Å²) in [5.74, 6) is -2.23. The van der Waals surface area contributed by atoms with Gasteiger partial charge in [0.1, 0.15) is 17.3 Å². The van der Waals surface area contributed by atoms with Crippen molar-refractivity contribution in [1.82, 2.24) is 10.6 Å². The molecule has 3 fully saturated rings. The lowest BCUT2D eigenvalue weighted by Gasteiger charge is -2.56. The normalized spacial score (nSPS) is 24.9. The van der Waals surface area contributed by atoms with Gasteiger partial charge in [0.15, 0.2) is 13.2 Å². The van der Waals surface area contributed by atoms with Gasteiger partial charge >= 0.3 is 6.18 Å². The van der Waals surface area contributed by atoms with Crippen LogP contribution in [0.1, 0.15) is 37.7 Å². The summed E-state index contributed by atoms with van der Waals surface area (Å²) in [5.41, 5.74) is -3.05. The highest BCUT2D eigenvalue weighted by Crippen LogP contribution is 2.47. The number of aliphatic hydroxyl groups excluding tert-OH is 1. The van der Waals surface area contributed by atoms with E-state index in [0.29, 0.717) is 48.6 Å². The van der Waals surface area contributed by atoms with Crippen LogP contribution < -0.4 is 20.1 Å². The lowest BCUT2D eigenvalue weighted by atomic mass is 9.60. The van der Waals surface area contributed by atoms with Gasteiger partial charge < -0.3 is 25.2 Å². The number of fused-ring (bicyclic) bond motifs is 3. The topological polar surface area (TPSA) is 96.9 Å². The highest BCUT2D eigenvalue weighted by molar-refractivity contribution is 6.30. The van der Waals surface area contributed by atoms with E-state index in [4.69, 9.17) is 21.1 Å². The van der Waals surface area contributed by atoms with Crippen molar-refractivity contribution < 1.29 is 41.7 Å². The molecule has 2 aromatic rings. The summed E-state index contributed by atoms with van der Waals surface area (Å²) in [6.45, 7) is -0.820. The van der Waals surface area contributed by atoms with Crippen molar-refractivity contribution in [2.45, 2.75) is 55.5 Å². The summed E-state index contributed by atoms with van der Waals surface area (Å²) >= 11 is 5.83. The Hall–Kier alpha value is -3.05. The zero-order valence-electron chi connectivity index (χ0n) is 19.5. The summed E-state index contributed by atoms with van der Waals surface area (Å²) < 4.78 is 62.7. The molecule has 5 rings (SSSR count). The Labute approximate surface area is 215 Å². The minimum Gasteiger partial charge on any atom is -0.484 e. The van der Waals surface area contributed by atoms with E-state index in [0.717, 1.165) is 6.07 Å². The van der Waals surface area contributed by atoms with Gasteiger partial charge in [0.2, 0.25) is 0 Å². The van der Waals surface area contributed by atoms with Crippen LogP contribution in [-0.2, 0) is 15.8 Å². The SMILES string of the molecule is O=C(COc1ccc(F)c(C(F)(F)F)c1)NC12CCC(NC(=O)COc3ccc(Cl)cc3)(CC1)[C@@H](O)C2. The molecule has 12 heteroatoms. The average Bonchev–Trinajstić information content (AvgIpc) is 2.83. The van der Waals surface area contributed by atoms with Gasteiger partial charge in [0.25, 0.3) is 11.8 Å². The van der Waals surface area contributed by atoms with Gasteiger partial charge in [-0.3, -0.25) is 9.59 Å². The molecule has 0 saturated heterocycles. The van der Waals surface area contributed by atoms with Gasteiger partial charge in [0, 0.05) is 10.6 Å². The third-order valence-electron chi connectivity index (χ3n) is 6.91. The second-order valence-electron chi connectivity index (χ2n) is 9.42. The molecule has 2 amide bonds. The van der Waals surface area contributed by atoms with Gasteiger partial charge in [-0.15, -0.1) is 0 Å². The molecule has 7 nitrogen and oxygen atoms in total. The Morgan fingerprint density at radius 3 is 2.11 bits per heavy atom. The highest BCUT2D eigenvalue weighted by atomic mass is 35.5. The number of hydrogen-bond acceptors (Lipinski definition) is 5. The number of halogens is 5. The molecule has 2 bridgehead atoms. The summed E-state index contributed by atoms with van der Waals surface area (Å²) in [7, 11) is 0. The van der Waals surface area contributed by atoms with E-state index in [1.165, 1.54) is 0 Å². The van der Waals surface area contributed by atoms with Crippen LogP contribution in [0.5, 0.6) is 11.5 Å². The number of carbonyl (C=O) groups excluding carboxylic acids is 2.